The van der Waals surface area contributed by atoms with Gasteiger partial charge in [0.15, 0.2) is 14.3 Å². The smallest absolute Gasteiger partial charge is 0.171 e. The summed E-state index contributed by atoms with van der Waals surface area (Å²) in [5.74, 6) is 0. The molecule has 10 rings (SSSR count). The molecule has 2 nitrogen and oxygen atoms in total. The Morgan fingerprint density at radius 1 is 0.340 bits per heavy atom. The van der Waals surface area contributed by atoms with Crippen LogP contribution in [0.5, 0.6) is 0 Å². The number of benzene rings is 8. The standard InChI is InChI=1S/C49H34O2P2/c50-52(35-17-5-1-6-18-35,36-19-7-2-8-20-36)39-29-31-43-44-32-30-40(53(51,37-21-9-3-10-22-37)38-23-11-4-12-24-38)34-48(44)49(47(43)33-39)45-27-15-13-25-41(45)42-26-14-16-28-46(42)49/h1-34H/i1D,2D,3D,4D,5D,6D,7D,8D,9D,10D,11D,12D,17D,18D,19D,20D,21D,22D,23D,24D,29D,30D,31D,32D,33D,34D. The van der Waals surface area contributed by atoms with Crippen LogP contribution < -0.4 is 31.8 Å². The molecule has 8 aromatic rings. The third-order valence-electron chi connectivity index (χ3n) is 9.39. The maximum atomic E-state index is 17.1. The summed E-state index contributed by atoms with van der Waals surface area (Å²) in [4.78, 5) is 0. The number of fused-ring (bicyclic) bond motifs is 10. The summed E-state index contributed by atoms with van der Waals surface area (Å²) < 4.78 is 271. The molecule has 0 aromatic heterocycles. The Morgan fingerprint density at radius 3 is 1.00 bits per heavy atom. The summed E-state index contributed by atoms with van der Waals surface area (Å²) >= 11 is 0. The van der Waals surface area contributed by atoms with Crippen LogP contribution in [0.15, 0.2) is 206 Å². The molecular formula is C49H34O2P2. The van der Waals surface area contributed by atoms with Crippen LogP contribution in [-0.2, 0) is 14.5 Å². The largest absolute Gasteiger partial charge is 0.309 e. The van der Waals surface area contributed by atoms with E-state index in [9.17, 15) is 8.22 Å². The van der Waals surface area contributed by atoms with Crippen molar-refractivity contribution < 1.29 is 44.8 Å². The Labute approximate surface area is 346 Å². The van der Waals surface area contributed by atoms with Crippen LogP contribution in [0.25, 0.3) is 22.3 Å². The molecule has 252 valence electrons. The zero-order valence-electron chi connectivity index (χ0n) is 52.8. The van der Waals surface area contributed by atoms with Crippen molar-refractivity contribution in [1.82, 2.24) is 0 Å². The van der Waals surface area contributed by atoms with Crippen molar-refractivity contribution in [2.45, 2.75) is 5.41 Å². The van der Waals surface area contributed by atoms with E-state index in [0.717, 1.165) is 0 Å². The molecular weight excluding hydrogens is 682 g/mol. The lowest BCUT2D eigenvalue weighted by Gasteiger charge is -2.32. The maximum Gasteiger partial charge on any atom is 0.171 e. The minimum absolute atomic E-state index is 0.0604. The van der Waals surface area contributed by atoms with E-state index in [4.69, 9.17) is 27.4 Å². The number of hydrogen-bond acceptors (Lipinski definition) is 2. The van der Waals surface area contributed by atoms with Crippen molar-refractivity contribution in [3.63, 3.8) is 0 Å². The third kappa shape index (κ3) is 4.47. The Morgan fingerprint density at radius 2 is 0.660 bits per heavy atom. The molecule has 0 atom stereocenters. The second kappa shape index (κ2) is 12.1. The van der Waals surface area contributed by atoms with Gasteiger partial charge in [-0.05, 0) is 56.6 Å². The van der Waals surface area contributed by atoms with Crippen LogP contribution in [0, 0.1) is 0 Å². The molecule has 4 heteroatoms. The first kappa shape index (κ1) is 14.9. The van der Waals surface area contributed by atoms with Gasteiger partial charge in [-0.1, -0.05) is 194 Å². The van der Waals surface area contributed by atoms with E-state index in [2.05, 4.69) is 0 Å². The lowest BCUT2D eigenvalue weighted by Crippen LogP contribution is -2.31. The SMILES string of the molecule is [2H]c1c([2H])c([2H])c(P(=O)(c2c([2H])c([2H])c([2H])c([2H])c2[2H])c2c([2H])c([2H])c3c(c2[2H])C2(c4ccccc4-c4ccccc42)c2c([2H])c(P(=O)(c4c([2H])c([2H])c([2H])c([2H])c4[2H])c4c([2H])c([2H])c([2H])c([2H])c4[2H])c([2H])c([2H])c2-3)c([2H])c1[2H]. The molecule has 0 heterocycles. The van der Waals surface area contributed by atoms with E-state index in [1.807, 2.05) is 0 Å². The number of hydrogen-bond donors (Lipinski definition) is 0. The average Bonchev–Trinajstić information content (AvgIpc) is 4.14. The summed E-state index contributed by atoms with van der Waals surface area (Å²) in [6.45, 7) is 0. The average molecular weight is 743 g/mol. The normalized spacial score (nSPS) is 20.5. The van der Waals surface area contributed by atoms with Gasteiger partial charge in [0.05, 0.1) is 41.1 Å². The van der Waals surface area contributed by atoms with Crippen LogP contribution in [0.2, 0.25) is 0 Å². The molecule has 0 saturated carbocycles. The van der Waals surface area contributed by atoms with Crippen LogP contribution in [0.4, 0.5) is 0 Å². The highest BCUT2D eigenvalue weighted by molar-refractivity contribution is 7.85. The Bertz CT molecular complexity index is 3780. The molecule has 2 aliphatic rings. The van der Waals surface area contributed by atoms with E-state index >= 15 is 9.13 Å². The Balaban J connectivity index is 1.50. The second-order valence-electron chi connectivity index (χ2n) is 11.9. The quantitative estimate of drug-likeness (QED) is 0.159. The Hall–Kier alpha value is -5.78. The van der Waals surface area contributed by atoms with Crippen LogP contribution in [0.1, 0.15) is 57.9 Å². The van der Waals surface area contributed by atoms with Crippen molar-refractivity contribution in [3.8, 4) is 22.3 Å². The Kier molecular flexibility index (Phi) is 3.42. The fraction of sp³-hybridized carbons (Fsp3) is 0.0204. The molecule has 1 spiro atoms. The fourth-order valence-corrected chi connectivity index (χ4v) is 11.2. The summed E-state index contributed by atoms with van der Waals surface area (Å²) in [6.07, 6.45) is 0. The minimum Gasteiger partial charge on any atom is -0.309 e. The summed E-state index contributed by atoms with van der Waals surface area (Å²) in [6, 6.07) is -17.9. The lowest BCUT2D eigenvalue weighted by molar-refractivity contribution is 0.591. The van der Waals surface area contributed by atoms with Crippen LogP contribution >= 0.6 is 14.3 Å². The maximum absolute atomic E-state index is 17.1. The van der Waals surface area contributed by atoms with Crippen molar-refractivity contribution >= 4 is 46.1 Å². The first-order valence-electron chi connectivity index (χ1n) is 28.9. The number of rotatable bonds is 6. The van der Waals surface area contributed by atoms with Crippen molar-refractivity contribution in [2.24, 2.45) is 0 Å². The third-order valence-corrected chi connectivity index (χ3v) is 14.5. The highest BCUT2D eigenvalue weighted by Crippen LogP contribution is 2.63. The molecule has 53 heavy (non-hydrogen) atoms. The van der Waals surface area contributed by atoms with Crippen molar-refractivity contribution in [2.75, 3.05) is 0 Å². The molecule has 0 aliphatic heterocycles. The van der Waals surface area contributed by atoms with E-state index in [-0.39, 0.29) is 11.1 Å². The molecule has 0 radical (unpaired) electrons. The molecule has 0 bridgehead atoms. The molecule has 0 amide bonds. The van der Waals surface area contributed by atoms with Gasteiger partial charge in [0, 0.05) is 31.8 Å². The lowest BCUT2D eigenvalue weighted by atomic mass is 9.70. The van der Waals surface area contributed by atoms with E-state index < -0.39 is 231 Å². The van der Waals surface area contributed by atoms with Gasteiger partial charge in [-0.15, -0.1) is 0 Å². The molecule has 8 aromatic carbocycles. The molecule has 2 aliphatic carbocycles. The predicted octanol–water partition coefficient (Wildman–Crippen LogP) is 9.31. The van der Waals surface area contributed by atoms with Crippen molar-refractivity contribution in [1.29, 1.82) is 0 Å². The first-order chi connectivity index (χ1) is 36.9. The van der Waals surface area contributed by atoms with E-state index in [0.29, 0.717) is 11.1 Å². The second-order valence-corrected chi connectivity index (χ2v) is 17.0. The fourth-order valence-electron chi connectivity index (χ4n) is 7.22. The monoisotopic (exact) mass is 742 g/mol. The first-order valence-corrected chi connectivity index (χ1v) is 19.3. The zero-order chi connectivity index (χ0) is 58.3. The topological polar surface area (TPSA) is 34.1 Å². The molecule has 0 saturated heterocycles. The van der Waals surface area contributed by atoms with Gasteiger partial charge < -0.3 is 9.13 Å². The van der Waals surface area contributed by atoms with Crippen LogP contribution in [0.3, 0.4) is 0 Å². The van der Waals surface area contributed by atoms with Gasteiger partial charge in [-0.25, -0.2) is 0 Å². The summed E-state index contributed by atoms with van der Waals surface area (Å²) in [5, 5.41) is -7.35. The zero-order valence-corrected chi connectivity index (χ0v) is 28.6. The highest BCUT2D eigenvalue weighted by atomic mass is 31.2. The van der Waals surface area contributed by atoms with Crippen LogP contribution in [-0.4, -0.2) is 0 Å². The van der Waals surface area contributed by atoms with E-state index in [1.54, 1.807) is 24.3 Å². The summed E-state index contributed by atoms with van der Waals surface area (Å²) in [7, 11) is -12.0. The molecule has 0 fully saturated rings. The van der Waals surface area contributed by atoms with Gasteiger partial charge in [0.1, 0.15) is 0 Å². The van der Waals surface area contributed by atoms with Gasteiger partial charge in [-0.2, -0.15) is 0 Å². The highest BCUT2D eigenvalue weighted by Gasteiger charge is 2.52. The van der Waals surface area contributed by atoms with Gasteiger partial charge in [0.25, 0.3) is 0 Å². The molecule has 0 N–H and O–H groups in total. The summed E-state index contributed by atoms with van der Waals surface area (Å²) in [5.41, 5.74) is -4.08. The van der Waals surface area contributed by atoms with Gasteiger partial charge >= 0.3 is 0 Å². The van der Waals surface area contributed by atoms with Gasteiger partial charge in [-0.3, -0.25) is 0 Å². The minimum atomic E-state index is -5.98. The predicted molar refractivity (Wildman–Crippen MR) is 222 cm³/mol. The molecule has 0 unspecified atom stereocenters. The van der Waals surface area contributed by atoms with E-state index in [1.165, 1.54) is 24.3 Å². The van der Waals surface area contributed by atoms with Crippen molar-refractivity contribution in [3.05, 3.63) is 228 Å². The van der Waals surface area contributed by atoms with Gasteiger partial charge in [0.2, 0.25) is 0 Å².